The van der Waals surface area contributed by atoms with Gasteiger partial charge < -0.3 is 10.1 Å². The summed E-state index contributed by atoms with van der Waals surface area (Å²) < 4.78 is 5.55. The zero-order chi connectivity index (χ0) is 11.1. The largest absolute Gasteiger partial charge is 0.492 e. The molecule has 0 heterocycles. The highest BCUT2D eigenvalue weighted by molar-refractivity contribution is 6.30. The Morgan fingerprint density at radius 1 is 1.53 bits per heavy atom. The van der Waals surface area contributed by atoms with Crippen molar-refractivity contribution in [2.45, 2.75) is 6.92 Å². The van der Waals surface area contributed by atoms with E-state index in [1.807, 2.05) is 25.1 Å². The molecule has 15 heavy (non-hydrogen) atoms. The number of aryl methyl sites for hydroxylation is 1. The van der Waals surface area contributed by atoms with Gasteiger partial charge in [0.25, 0.3) is 0 Å². The molecule has 1 aromatic rings. The number of terminal acetylenes is 1. The summed E-state index contributed by atoms with van der Waals surface area (Å²) in [7, 11) is 0. The molecule has 1 aromatic carbocycles. The molecule has 0 radical (unpaired) electrons. The molecule has 0 saturated heterocycles. The Morgan fingerprint density at radius 3 is 3.00 bits per heavy atom. The fraction of sp³-hybridized carbons (Fsp3) is 0.333. The van der Waals surface area contributed by atoms with Gasteiger partial charge >= 0.3 is 0 Å². The summed E-state index contributed by atoms with van der Waals surface area (Å²) in [6.45, 7) is 3.88. The first-order valence-electron chi connectivity index (χ1n) is 4.77. The average Bonchev–Trinajstić information content (AvgIpc) is 2.20. The van der Waals surface area contributed by atoms with Crippen LogP contribution in [0.25, 0.3) is 0 Å². The minimum atomic E-state index is 0.572. The molecule has 0 atom stereocenters. The lowest BCUT2D eigenvalue weighted by Crippen LogP contribution is -2.21. The average molecular weight is 224 g/mol. The van der Waals surface area contributed by atoms with Crippen molar-refractivity contribution in [2.24, 2.45) is 0 Å². The van der Waals surface area contributed by atoms with Crippen molar-refractivity contribution in [3.05, 3.63) is 28.8 Å². The fourth-order valence-electron chi connectivity index (χ4n) is 1.17. The number of benzene rings is 1. The maximum atomic E-state index is 5.83. The van der Waals surface area contributed by atoms with E-state index in [9.17, 15) is 0 Å². The summed E-state index contributed by atoms with van der Waals surface area (Å²) in [5, 5.41) is 3.78. The van der Waals surface area contributed by atoms with Gasteiger partial charge in [0.05, 0.1) is 6.54 Å². The van der Waals surface area contributed by atoms with Crippen molar-refractivity contribution in [1.29, 1.82) is 0 Å². The van der Waals surface area contributed by atoms with Crippen LogP contribution in [0.2, 0.25) is 5.02 Å². The quantitative estimate of drug-likeness (QED) is 0.611. The molecule has 0 aliphatic rings. The third-order valence-electron chi connectivity index (χ3n) is 1.90. The molecule has 80 valence electrons. The first-order valence-corrected chi connectivity index (χ1v) is 5.15. The molecule has 0 aromatic heterocycles. The Labute approximate surface area is 95.6 Å². The van der Waals surface area contributed by atoms with Gasteiger partial charge in [0, 0.05) is 11.6 Å². The van der Waals surface area contributed by atoms with Gasteiger partial charge in [0.1, 0.15) is 12.4 Å². The lowest BCUT2D eigenvalue weighted by atomic mass is 10.2. The molecular weight excluding hydrogens is 210 g/mol. The van der Waals surface area contributed by atoms with E-state index in [2.05, 4.69) is 11.2 Å². The molecule has 0 spiro atoms. The Kier molecular flexibility index (Phi) is 5.03. The third-order valence-corrected chi connectivity index (χ3v) is 2.14. The number of halogens is 1. The van der Waals surface area contributed by atoms with Crippen molar-refractivity contribution in [3.63, 3.8) is 0 Å². The second-order valence-corrected chi connectivity index (χ2v) is 3.58. The standard InChI is InChI=1S/C12H14ClNO/c1-3-6-14-7-8-15-12-5-4-11(13)9-10(12)2/h1,4-5,9,14H,6-8H2,2H3. The molecule has 0 unspecified atom stereocenters. The highest BCUT2D eigenvalue weighted by atomic mass is 35.5. The number of rotatable bonds is 5. The lowest BCUT2D eigenvalue weighted by molar-refractivity contribution is 0.314. The Hall–Kier alpha value is -1.17. The molecule has 0 aliphatic carbocycles. The van der Waals surface area contributed by atoms with E-state index < -0.39 is 0 Å². The van der Waals surface area contributed by atoms with Crippen LogP contribution in [-0.2, 0) is 0 Å². The van der Waals surface area contributed by atoms with E-state index in [4.69, 9.17) is 22.8 Å². The summed E-state index contributed by atoms with van der Waals surface area (Å²) >= 11 is 5.83. The molecule has 0 saturated carbocycles. The molecule has 0 bridgehead atoms. The lowest BCUT2D eigenvalue weighted by Gasteiger charge is -2.09. The molecule has 0 amide bonds. The van der Waals surface area contributed by atoms with Crippen LogP contribution in [0, 0.1) is 19.3 Å². The van der Waals surface area contributed by atoms with E-state index in [1.54, 1.807) is 0 Å². The molecule has 0 fully saturated rings. The van der Waals surface area contributed by atoms with Crippen LogP contribution in [0.15, 0.2) is 18.2 Å². The number of hydrogen-bond acceptors (Lipinski definition) is 2. The highest BCUT2D eigenvalue weighted by Gasteiger charge is 1.99. The van der Waals surface area contributed by atoms with Gasteiger partial charge in [-0.15, -0.1) is 6.42 Å². The first kappa shape index (κ1) is 11.9. The number of nitrogens with one attached hydrogen (secondary N) is 1. The van der Waals surface area contributed by atoms with Crippen molar-refractivity contribution in [2.75, 3.05) is 19.7 Å². The minimum absolute atomic E-state index is 0.572. The summed E-state index contributed by atoms with van der Waals surface area (Å²) in [6, 6.07) is 5.57. The van der Waals surface area contributed by atoms with E-state index >= 15 is 0 Å². The van der Waals surface area contributed by atoms with E-state index in [-0.39, 0.29) is 0 Å². The molecule has 2 nitrogen and oxygen atoms in total. The Morgan fingerprint density at radius 2 is 2.33 bits per heavy atom. The SMILES string of the molecule is C#CCNCCOc1ccc(Cl)cc1C. The van der Waals surface area contributed by atoms with Crippen LogP contribution in [0.4, 0.5) is 0 Å². The highest BCUT2D eigenvalue weighted by Crippen LogP contribution is 2.21. The molecule has 1 rings (SSSR count). The van der Waals surface area contributed by atoms with Gasteiger partial charge in [0.2, 0.25) is 0 Å². The number of ether oxygens (including phenoxy) is 1. The zero-order valence-corrected chi connectivity index (χ0v) is 9.47. The predicted molar refractivity (Wildman–Crippen MR) is 63.4 cm³/mol. The summed E-state index contributed by atoms with van der Waals surface area (Å²) in [5.74, 6) is 3.36. The topological polar surface area (TPSA) is 21.3 Å². The van der Waals surface area contributed by atoms with Crippen LogP contribution in [0.3, 0.4) is 0 Å². The fourth-order valence-corrected chi connectivity index (χ4v) is 1.40. The monoisotopic (exact) mass is 223 g/mol. The normalized spacial score (nSPS) is 9.67. The van der Waals surface area contributed by atoms with Gasteiger partial charge in [-0.25, -0.2) is 0 Å². The maximum absolute atomic E-state index is 5.83. The number of hydrogen-bond donors (Lipinski definition) is 1. The van der Waals surface area contributed by atoms with Crippen molar-refractivity contribution in [1.82, 2.24) is 5.32 Å². The van der Waals surface area contributed by atoms with Crippen LogP contribution in [-0.4, -0.2) is 19.7 Å². The Balaban J connectivity index is 2.35. The van der Waals surface area contributed by atoms with E-state index in [0.29, 0.717) is 13.2 Å². The van der Waals surface area contributed by atoms with Crippen LogP contribution >= 0.6 is 11.6 Å². The molecule has 3 heteroatoms. The van der Waals surface area contributed by atoms with Crippen molar-refractivity contribution < 1.29 is 4.74 Å². The molecule has 0 aliphatic heterocycles. The van der Waals surface area contributed by atoms with Gasteiger partial charge in [-0.05, 0) is 30.7 Å². The first-order chi connectivity index (χ1) is 7.24. The second kappa shape index (κ2) is 6.34. The van der Waals surface area contributed by atoms with Gasteiger partial charge in [0.15, 0.2) is 0 Å². The van der Waals surface area contributed by atoms with E-state index in [1.165, 1.54) is 0 Å². The smallest absolute Gasteiger partial charge is 0.122 e. The summed E-state index contributed by atoms with van der Waals surface area (Å²) in [4.78, 5) is 0. The maximum Gasteiger partial charge on any atom is 0.122 e. The predicted octanol–water partition coefficient (Wildman–Crippen LogP) is 2.25. The summed E-state index contributed by atoms with van der Waals surface area (Å²) in [6.07, 6.45) is 5.09. The molecular formula is C12H14ClNO. The summed E-state index contributed by atoms with van der Waals surface area (Å²) in [5.41, 5.74) is 1.04. The zero-order valence-electron chi connectivity index (χ0n) is 8.72. The third kappa shape index (κ3) is 4.24. The Bertz CT molecular complexity index is 357. The van der Waals surface area contributed by atoms with Crippen molar-refractivity contribution >= 4 is 11.6 Å². The van der Waals surface area contributed by atoms with Crippen molar-refractivity contribution in [3.8, 4) is 18.1 Å². The second-order valence-electron chi connectivity index (χ2n) is 3.14. The van der Waals surface area contributed by atoms with Crippen LogP contribution < -0.4 is 10.1 Å². The van der Waals surface area contributed by atoms with Crippen LogP contribution in [0.5, 0.6) is 5.75 Å². The van der Waals surface area contributed by atoms with Gasteiger partial charge in [-0.1, -0.05) is 17.5 Å². The van der Waals surface area contributed by atoms with E-state index in [0.717, 1.165) is 22.9 Å². The molecule has 1 N–H and O–H groups in total. The minimum Gasteiger partial charge on any atom is -0.492 e. The van der Waals surface area contributed by atoms with Gasteiger partial charge in [-0.3, -0.25) is 0 Å². The van der Waals surface area contributed by atoms with Crippen LogP contribution in [0.1, 0.15) is 5.56 Å². The van der Waals surface area contributed by atoms with Gasteiger partial charge in [-0.2, -0.15) is 0 Å².